The van der Waals surface area contributed by atoms with Gasteiger partial charge in [0, 0.05) is 25.0 Å². The summed E-state index contributed by atoms with van der Waals surface area (Å²) < 4.78 is 0. The van der Waals surface area contributed by atoms with E-state index in [-0.39, 0.29) is 23.8 Å². The van der Waals surface area contributed by atoms with Crippen LogP contribution in [-0.4, -0.2) is 42.4 Å². The van der Waals surface area contributed by atoms with E-state index in [0.717, 1.165) is 38.3 Å². The molecule has 2 saturated carbocycles. The van der Waals surface area contributed by atoms with Gasteiger partial charge in [-0.1, -0.05) is 6.42 Å². The predicted molar refractivity (Wildman–Crippen MR) is 75.7 cm³/mol. The molecule has 1 saturated heterocycles. The second-order valence-corrected chi connectivity index (χ2v) is 6.81. The second-order valence-electron chi connectivity index (χ2n) is 6.81. The fourth-order valence-corrected chi connectivity index (χ4v) is 4.33. The molecule has 112 valence electrons. The van der Waals surface area contributed by atoms with Crippen molar-refractivity contribution in [1.82, 2.24) is 10.2 Å². The van der Waals surface area contributed by atoms with Crippen molar-refractivity contribution in [2.75, 3.05) is 19.6 Å². The number of fused-ring (bicyclic) bond motifs is 2. The molecule has 2 amide bonds. The summed E-state index contributed by atoms with van der Waals surface area (Å²) in [5, 5.41) is 3.24. The van der Waals surface area contributed by atoms with Gasteiger partial charge in [0.2, 0.25) is 11.8 Å². The Morgan fingerprint density at radius 1 is 1.10 bits per heavy atom. The highest BCUT2D eigenvalue weighted by atomic mass is 16.2. The topological polar surface area (TPSA) is 75.4 Å². The van der Waals surface area contributed by atoms with Crippen LogP contribution in [0.25, 0.3) is 0 Å². The molecule has 0 aromatic heterocycles. The number of piperidine rings is 1. The molecule has 0 aromatic rings. The molecule has 2 aliphatic carbocycles. The largest absolute Gasteiger partial charge is 0.369 e. The van der Waals surface area contributed by atoms with Crippen molar-refractivity contribution in [3.05, 3.63) is 0 Å². The Kier molecular flexibility index (Phi) is 3.96. The number of likely N-dealkylation sites (tertiary alicyclic amines) is 1. The van der Waals surface area contributed by atoms with Crippen LogP contribution in [0.2, 0.25) is 0 Å². The van der Waals surface area contributed by atoms with Gasteiger partial charge in [0.05, 0.1) is 6.54 Å². The number of nitrogens with zero attached hydrogens (tertiary/aromatic N) is 1. The minimum Gasteiger partial charge on any atom is -0.369 e. The van der Waals surface area contributed by atoms with Crippen molar-refractivity contribution >= 4 is 11.8 Å². The van der Waals surface area contributed by atoms with Gasteiger partial charge in [-0.25, -0.2) is 0 Å². The summed E-state index contributed by atoms with van der Waals surface area (Å²) >= 11 is 0. The fraction of sp³-hybridized carbons (Fsp3) is 0.867. The number of rotatable bonds is 4. The van der Waals surface area contributed by atoms with E-state index in [0.29, 0.717) is 12.5 Å². The van der Waals surface area contributed by atoms with E-state index >= 15 is 0 Å². The molecule has 0 spiro atoms. The van der Waals surface area contributed by atoms with E-state index in [1.807, 2.05) is 0 Å². The lowest BCUT2D eigenvalue weighted by molar-refractivity contribution is -0.128. The van der Waals surface area contributed by atoms with E-state index in [1.54, 1.807) is 0 Å². The highest BCUT2D eigenvalue weighted by Gasteiger charge is 2.43. The lowest BCUT2D eigenvalue weighted by atomic mass is 9.87. The lowest BCUT2D eigenvalue weighted by Crippen LogP contribution is -2.48. The summed E-state index contributed by atoms with van der Waals surface area (Å²) in [4.78, 5) is 25.3. The summed E-state index contributed by atoms with van der Waals surface area (Å²) in [6.07, 6.45) is 6.82. The smallest absolute Gasteiger partial charge is 0.231 e. The molecule has 20 heavy (non-hydrogen) atoms. The highest BCUT2D eigenvalue weighted by Crippen LogP contribution is 2.48. The summed E-state index contributed by atoms with van der Waals surface area (Å²) in [7, 11) is 0. The van der Waals surface area contributed by atoms with Crippen molar-refractivity contribution < 1.29 is 9.59 Å². The molecular formula is C15H25N3O2. The molecule has 0 aromatic carbocycles. The zero-order valence-corrected chi connectivity index (χ0v) is 12.0. The molecule has 2 bridgehead atoms. The first-order chi connectivity index (χ1) is 9.61. The maximum absolute atomic E-state index is 12.4. The number of nitrogens with two attached hydrogens (primary N) is 1. The van der Waals surface area contributed by atoms with Crippen LogP contribution in [0, 0.1) is 17.8 Å². The van der Waals surface area contributed by atoms with Crippen LogP contribution in [0.5, 0.6) is 0 Å². The van der Waals surface area contributed by atoms with Gasteiger partial charge in [0.25, 0.3) is 0 Å². The Morgan fingerprint density at radius 3 is 2.40 bits per heavy atom. The van der Waals surface area contributed by atoms with E-state index in [4.69, 9.17) is 5.73 Å². The van der Waals surface area contributed by atoms with Crippen LogP contribution in [0.3, 0.4) is 0 Å². The van der Waals surface area contributed by atoms with Crippen LogP contribution in [-0.2, 0) is 9.59 Å². The SMILES string of the molecule is NC(=O)CN1CCC(NC(=O)C2CC3CCC2C3)CC1. The molecule has 3 rings (SSSR count). The highest BCUT2D eigenvalue weighted by molar-refractivity contribution is 5.79. The van der Waals surface area contributed by atoms with E-state index in [9.17, 15) is 9.59 Å². The molecule has 3 unspecified atom stereocenters. The standard InChI is InChI=1S/C15H25N3O2/c16-14(19)9-18-5-3-12(4-6-18)17-15(20)13-8-10-1-2-11(13)7-10/h10-13H,1-9H2,(H2,16,19)(H,17,20). The van der Waals surface area contributed by atoms with Crippen LogP contribution in [0.15, 0.2) is 0 Å². The third-order valence-corrected chi connectivity index (χ3v) is 5.39. The number of carbonyl (C=O) groups is 2. The average molecular weight is 279 g/mol. The maximum atomic E-state index is 12.4. The Balaban J connectivity index is 1.43. The Labute approximate surface area is 120 Å². The van der Waals surface area contributed by atoms with Crippen LogP contribution in [0.1, 0.15) is 38.5 Å². The average Bonchev–Trinajstić information content (AvgIpc) is 3.03. The van der Waals surface area contributed by atoms with Gasteiger partial charge in [0.1, 0.15) is 0 Å². The molecule has 1 aliphatic heterocycles. The summed E-state index contributed by atoms with van der Waals surface area (Å²) in [6.45, 7) is 2.04. The number of hydrogen-bond acceptors (Lipinski definition) is 3. The lowest BCUT2D eigenvalue weighted by Gasteiger charge is -2.32. The second kappa shape index (κ2) is 5.72. The van der Waals surface area contributed by atoms with Crippen molar-refractivity contribution in [3.8, 4) is 0 Å². The number of amides is 2. The van der Waals surface area contributed by atoms with E-state index in [1.165, 1.54) is 19.3 Å². The Hall–Kier alpha value is -1.10. The molecule has 1 heterocycles. The minimum absolute atomic E-state index is 0.269. The summed E-state index contributed by atoms with van der Waals surface area (Å²) in [5.41, 5.74) is 5.21. The van der Waals surface area contributed by atoms with Crippen LogP contribution < -0.4 is 11.1 Å². The Morgan fingerprint density at radius 2 is 1.85 bits per heavy atom. The molecule has 5 nitrogen and oxygen atoms in total. The molecule has 3 atom stereocenters. The van der Waals surface area contributed by atoms with Crippen molar-refractivity contribution in [2.45, 2.75) is 44.6 Å². The van der Waals surface area contributed by atoms with E-state index in [2.05, 4.69) is 10.2 Å². The van der Waals surface area contributed by atoms with Gasteiger partial charge in [-0.05, 0) is 43.9 Å². The third-order valence-electron chi connectivity index (χ3n) is 5.39. The van der Waals surface area contributed by atoms with E-state index < -0.39 is 0 Å². The van der Waals surface area contributed by atoms with Gasteiger partial charge in [0.15, 0.2) is 0 Å². The van der Waals surface area contributed by atoms with Gasteiger partial charge < -0.3 is 11.1 Å². The van der Waals surface area contributed by atoms with Gasteiger partial charge in [-0.3, -0.25) is 14.5 Å². The monoisotopic (exact) mass is 279 g/mol. The first-order valence-corrected chi connectivity index (χ1v) is 7.93. The molecule has 0 radical (unpaired) electrons. The maximum Gasteiger partial charge on any atom is 0.231 e. The van der Waals surface area contributed by atoms with Crippen molar-refractivity contribution in [3.63, 3.8) is 0 Å². The number of nitrogens with one attached hydrogen (secondary N) is 1. The first kappa shape index (κ1) is 13.9. The van der Waals surface area contributed by atoms with Crippen LogP contribution >= 0.6 is 0 Å². The number of primary amides is 1. The molecule has 3 N–H and O–H groups in total. The fourth-order valence-electron chi connectivity index (χ4n) is 4.33. The summed E-state index contributed by atoms with van der Waals surface area (Å²) in [6, 6.07) is 0.283. The quantitative estimate of drug-likeness (QED) is 0.786. The third kappa shape index (κ3) is 2.97. The number of carbonyl (C=O) groups excluding carboxylic acids is 2. The first-order valence-electron chi connectivity index (χ1n) is 7.93. The number of hydrogen-bond donors (Lipinski definition) is 2. The zero-order valence-electron chi connectivity index (χ0n) is 12.0. The summed E-state index contributed by atoms with van der Waals surface area (Å²) in [5.74, 6) is 1.75. The van der Waals surface area contributed by atoms with Gasteiger partial charge in [-0.15, -0.1) is 0 Å². The molecule has 3 fully saturated rings. The normalized spacial score (nSPS) is 34.3. The molecular weight excluding hydrogens is 254 g/mol. The molecule has 3 aliphatic rings. The van der Waals surface area contributed by atoms with Gasteiger partial charge >= 0.3 is 0 Å². The zero-order chi connectivity index (χ0) is 14.1. The Bertz CT molecular complexity index is 391. The minimum atomic E-state index is -0.269. The predicted octanol–water partition coefficient (Wildman–Crippen LogP) is 0.488. The van der Waals surface area contributed by atoms with Crippen LogP contribution in [0.4, 0.5) is 0 Å². The van der Waals surface area contributed by atoms with Crippen molar-refractivity contribution in [1.29, 1.82) is 0 Å². The molecule has 5 heteroatoms. The van der Waals surface area contributed by atoms with Gasteiger partial charge in [-0.2, -0.15) is 0 Å². The van der Waals surface area contributed by atoms with Crippen molar-refractivity contribution in [2.24, 2.45) is 23.5 Å².